The van der Waals surface area contributed by atoms with Crippen molar-refractivity contribution in [1.29, 1.82) is 0 Å². The normalized spacial score (nSPS) is 46.6. The van der Waals surface area contributed by atoms with Gasteiger partial charge in [-0.05, 0) is 62.2 Å². The summed E-state index contributed by atoms with van der Waals surface area (Å²) in [5, 5.41) is 0. The third-order valence-corrected chi connectivity index (χ3v) is 7.12. The third kappa shape index (κ3) is 2.24. The highest BCUT2D eigenvalue weighted by molar-refractivity contribution is 5.60. The van der Waals surface area contributed by atoms with Crippen LogP contribution in [-0.4, -0.2) is 6.29 Å². The first-order chi connectivity index (χ1) is 9.90. The van der Waals surface area contributed by atoms with Crippen molar-refractivity contribution < 1.29 is 4.79 Å². The molecule has 3 aliphatic carbocycles. The largest absolute Gasteiger partial charge is 0.303 e. The molecule has 0 aromatic rings. The van der Waals surface area contributed by atoms with Crippen LogP contribution in [0, 0.1) is 28.6 Å². The van der Waals surface area contributed by atoms with Gasteiger partial charge in [-0.25, -0.2) is 0 Å². The van der Waals surface area contributed by atoms with Gasteiger partial charge in [0.25, 0.3) is 0 Å². The van der Waals surface area contributed by atoms with E-state index in [-0.39, 0.29) is 5.41 Å². The SMILES string of the molecule is CC1=CC[C@H]2C(=C[C@@H]1C)CC[C@@H]1[C@]2(C)CCC[C@@]1(C)C=O. The molecule has 0 heterocycles. The van der Waals surface area contributed by atoms with Crippen LogP contribution in [0.1, 0.15) is 66.2 Å². The number of fused-ring (bicyclic) bond motifs is 3. The highest BCUT2D eigenvalue weighted by atomic mass is 16.1. The fraction of sp³-hybridized carbons (Fsp3) is 0.750. The van der Waals surface area contributed by atoms with Crippen LogP contribution in [0.3, 0.4) is 0 Å². The lowest BCUT2D eigenvalue weighted by Gasteiger charge is -2.57. The highest BCUT2D eigenvalue weighted by Gasteiger charge is 2.54. The van der Waals surface area contributed by atoms with Crippen LogP contribution in [0.15, 0.2) is 23.3 Å². The van der Waals surface area contributed by atoms with Crippen molar-refractivity contribution >= 4 is 6.29 Å². The molecule has 5 atom stereocenters. The molecule has 0 spiro atoms. The van der Waals surface area contributed by atoms with Gasteiger partial charge in [0.15, 0.2) is 0 Å². The quantitative estimate of drug-likeness (QED) is 0.471. The predicted octanol–water partition coefficient (Wildman–Crippen LogP) is 5.32. The maximum absolute atomic E-state index is 11.8. The summed E-state index contributed by atoms with van der Waals surface area (Å²) >= 11 is 0. The molecule has 0 aliphatic heterocycles. The minimum absolute atomic E-state index is 0.0881. The molecule has 0 aromatic heterocycles. The summed E-state index contributed by atoms with van der Waals surface area (Å²) in [6, 6.07) is 0. The first-order valence-electron chi connectivity index (χ1n) is 8.74. The zero-order valence-electron chi connectivity index (χ0n) is 14.1. The monoisotopic (exact) mass is 286 g/mol. The van der Waals surface area contributed by atoms with E-state index in [0.717, 1.165) is 6.42 Å². The Balaban J connectivity index is 2.01. The van der Waals surface area contributed by atoms with Crippen molar-refractivity contribution in [2.24, 2.45) is 28.6 Å². The van der Waals surface area contributed by atoms with E-state index in [1.165, 1.54) is 44.0 Å². The van der Waals surface area contributed by atoms with Crippen molar-refractivity contribution in [2.45, 2.75) is 66.2 Å². The van der Waals surface area contributed by atoms with E-state index in [9.17, 15) is 4.79 Å². The molecule has 0 radical (unpaired) electrons. The Morgan fingerprint density at radius 3 is 2.76 bits per heavy atom. The molecule has 0 N–H and O–H groups in total. The Kier molecular flexibility index (Phi) is 3.66. The highest BCUT2D eigenvalue weighted by Crippen LogP contribution is 2.61. The van der Waals surface area contributed by atoms with Gasteiger partial charge in [-0.2, -0.15) is 0 Å². The summed E-state index contributed by atoms with van der Waals surface area (Å²) in [6.07, 6.45) is 13.5. The van der Waals surface area contributed by atoms with Gasteiger partial charge in [0.05, 0.1) is 0 Å². The molecule has 2 fully saturated rings. The third-order valence-electron chi connectivity index (χ3n) is 7.12. The molecular weight excluding hydrogens is 256 g/mol. The van der Waals surface area contributed by atoms with Crippen LogP contribution in [0.25, 0.3) is 0 Å². The van der Waals surface area contributed by atoms with Gasteiger partial charge >= 0.3 is 0 Å². The Hall–Kier alpha value is -0.850. The second-order valence-corrected chi connectivity index (χ2v) is 8.34. The topological polar surface area (TPSA) is 17.1 Å². The molecule has 3 aliphatic rings. The molecule has 3 rings (SSSR count). The lowest BCUT2D eigenvalue weighted by atomic mass is 9.47. The van der Waals surface area contributed by atoms with Crippen LogP contribution in [-0.2, 0) is 4.79 Å². The van der Waals surface area contributed by atoms with Gasteiger partial charge in [0, 0.05) is 5.41 Å². The van der Waals surface area contributed by atoms with Crippen LogP contribution >= 0.6 is 0 Å². The van der Waals surface area contributed by atoms with Crippen LogP contribution < -0.4 is 0 Å². The van der Waals surface area contributed by atoms with Crippen molar-refractivity contribution in [2.75, 3.05) is 0 Å². The molecule has 0 aromatic carbocycles. The molecule has 21 heavy (non-hydrogen) atoms. The van der Waals surface area contributed by atoms with E-state index < -0.39 is 0 Å². The van der Waals surface area contributed by atoms with Crippen LogP contribution in [0.2, 0.25) is 0 Å². The summed E-state index contributed by atoms with van der Waals surface area (Å²) in [5.74, 6) is 1.82. The molecule has 116 valence electrons. The summed E-state index contributed by atoms with van der Waals surface area (Å²) in [4.78, 5) is 11.8. The molecule has 0 unspecified atom stereocenters. The first kappa shape index (κ1) is 15.1. The minimum Gasteiger partial charge on any atom is -0.303 e. The van der Waals surface area contributed by atoms with Crippen molar-refractivity contribution in [3.63, 3.8) is 0 Å². The van der Waals surface area contributed by atoms with Gasteiger partial charge in [-0.1, -0.05) is 50.5 Å². The second kappa shape index (κ2) is 5.11. The maximum Gasteiger partial charge on any atom is 0.126 e. The van der Waals surface area contributed by atoms with E-state index in [2.05, 4.69) is 39.8 Å². The summed E-state index contributed by atoms with van der Waals surface area (Å²) in [6.45, 7) is 9.30. The van der Waals surface area contributed by atoms with E-state index in [1.807, 2.05) is 0 Å². The van der Waals surface area contributed by atoms with Gasteiger partial charge in [-0.15, -0.1) is 0 Å². The average Bonchev–Trinajstić information content (AvgIpc) is 2.59. The van der Waals surface area contributed by atoms with Crippen molar-refractivity contribution in [3.05, 3.63) is 23.3 Å². The van der Waals surface area contributed by atoms with E-state index in [1.54, 1.807) is 5.57 Å². The Morgan fingerprint density at radius 2 is 2.05 bits per heavy atom. The van der Waals surface area contributed by atoms with Gasteiger partial charge in [0.2, 0.25) is 0 Å². The lowest BCUT2D eigenvalue weighted by Crippen LogP contribution is -2.51. The van der Waals surface area contributed by atoms with Gasteiger partial charge in [-0.3, -0.25) is 0 Å². The lowest BCUT2D eigenvalue weighted by molar-refractivity contribution is -0.130. The first-order valence-corrected chi connectivity index (χ1v) is 8.74. The summed E-state index contributed by atoms with van der Waals surface area (Å²) in [7, 11) is 0. The summed E-state index contributed by atoms with van der Waals surface area (Å²) in [5.41, 5.74) is 3.43. The fourth-order valence-corrected chi connectivity index (χ4v) is 5.64. The summed E-state index contributed by atoms with van der Waals surface area (Å²) < 4.78 is 0. The number of carbonyl (C=O) groups is 1. The number of rotatable bonds is 1. The van der Waals surface area contributed by atoms with Gasteiger partial charge in [0.1, 0.15) is 6.29 Å². The average molecular weight is 286 g/mol. The molecule has 2 saturated carbocycles. The minimum atomic E-state index is -0.0881. The molecular formula is C20H30O. The van der Waals surface area contributed by atoms with Crippen LogP contribution in [0.5, 0.6) is 0 Å². The predicted molar refractivity (Wildman–Crippen MR) is 88.0 cm³/mol. The van der Waals surface area contributed by atoms with E-state index in [4.69, 9.17) is 0 Å². The molecule has 1 heteroatoms. The van der Waals surface area contributed by atoms with Crippen molar-refractivity contribution in [3.8, 4) is 0 Å². The standard InChI is InChI=1S/C20H30O/c1-14-6-8-17-16(12-15(14)2)7-9-18-19(3,13-21)10-5-11-20(17,18)4/h6,12-13,15,17-18H,5,7-11H2,1-4H3/t15-,17-,18-,19-,20+/m0/s1. The second-order valence-electron chi connectivity index (χ2n) is 8.34. The number of aldehydes is 1. The Labute approximate surface area is 129 Å². The van der Waals surface area contributed by atoms with E-state index in [0.29, 0.717) is 23.2 Å². The molecule has 0 bridgehead atoms. The molecule has 0 saturated heterocycles. The Bertz CT molecular complexity index is 500. The number of carbonyl (C=O) groups excluding carboxylic acids is 1. The zero-order valence-corrected chi connectivity index (χ0v) is 14.1. The van der Waals surface area contributed by atoms with Crippen molar-refractivity contribution in [1.82, 2.24) is 0 Å². The van der Waals surface area contributed by atoms with Gasteiger partial charge < -0.3 is 4.79 Å². The number of allylic oxidation sites excluding steroid dienone is 4. The fourth-order valence-electron chi connectivity index (χ4n) is 5.64. The molecule has 0 amide bonds. The van der Waals surface area contributed by atoms with E-state index >= 15 is 0 Å². The number of hydrogen-bond acceptors (Lipinski definition) is 1. The maximum atomic E-state index is 11.8. The van der Waals surface area contributed by atoms with Crippen LogP contribution in [0.4, 0.5) is 0 Å². The Morgan fingerprint density at radius 1 is 1.29 bits per heavy atom. The zero-order chi connectivity index (χ0) is 15.3. The smallest absolute Gasteiger partial charge is 0.126 e. The number of hydrogen-bond donors (Lipinski definition) is 0. The molecule has 1 nitrogen and oxygen atoms in total.